The van der Waals surface area contributed by atoms with Crippen molar-refractivity contribution in [3.05, 3.63) is 89.0 Å². The van der Waals surface area contributed by atoms with Crippen molar-refractivity contribution in [2.24, 2.45) is 0 Å². The van der Waals surface area contributed by atoms with E-state index >= 15 is 0 Å². The first-order valence-electron chi connectivity index (χ1n) is 10.6. The fraction of sp³-hybridized carbons (Fsp3) is 0.200. The zero-order chi connectivity index (χ0) is 24.0. The molecule has 3 aromatic carbocycles. The number of nitrogens with one attached hydrogen (secondary N) is 3. The Bertz CT molecular complexity index is 1290. The summed E-state index contributed by atoms with van der Waals surface area (Å²) in [6.07, 6.45) is 0.789. The number of amides is 2. The average molecular weight is 466 g/mol. The molecule has 0 aliphatic carbocycles. The van der Waals surface area contributed by atoms with Crippen LogP contribution in [0.5, 0.6) is 0 Å². The first-order valence-corrected chi connectivity index (χ1v) is 12.1. The molecule has 0 aromatic heterocycles. The number of sulfonamides is 1. The molecule has 8 heteroatoms. The third kappa shape index (κ3) is 5.78. The molecule has 3 rings (SSSR count). The van der Waals surface area contributed by atoms with Crippen LogP contribution in [0.3, 0.4) is 0 Å². The number of rotatable bonds is 8. The summed E-state index contributed by atoms with van der Waals surface area (Å²) in [6, 6.07) is 18.2. The minimum atomic E-state index is -3.92. The highest BCUT2D eigenvalue weighted by Crippen LogP contribution is 2.24. The lowest BCUT2D eigenvalue weighted by atomic mass is 10.1. The Morgan fingerprint density at radius 3 is 2.18 bits per heavy atom. The smallest absolute Gasteiger partial charge is 0.262 e. The second-order valence-corrected chi connectivity index (χ2v) is 9.31. The van der Waals surface area contributed by atoms with Crippen LogP contribution in [0.15, 0.2) is 71.6 Å². The maximum absolute atomic E-state index is 13.1. The fourth-order valence-electron chi connectivity index (χ4n) is 3.24. The van der Waals surface area contributed by atoms with E-state index in [0.717, 1.165) is 12.0 Å². The highest BCUT2D eigenvalue weighted by Gasteiger charge is 2.21. The summed E-state index contributed by atoms with van der Waals surface area (Å²) in [4.78, 5) is 25.4. The second kappa shape index (κ2) is 10.3. The zero-order valence-electron chi connectivity index (χ0n) is 18.8. The van der Waals surface area contributed by atoms with Crippen molar-refractivity contribution >= 4 is 33.2 Å². The van der Waals surface area contributed by atoms with Gasteiger partial charge in [0.2, 0.25) is 0 Å². The quantitative estimate of drug-likeness (QED) is 0.456. The maximum atomic E-state index is 13.1. The minimum absolute atomic E-state index is 0.00683. The Kier molecular flexibility index (Phi) is 7.50. The van der Waals surface area contributed by atoms with Crippen LogP contribution in [0.1, 0.15) is 45.2 Å². The molecule has 0 aliphatic heterocycles. The predicted octanol–water partition coefficient (Wildman–Crippen LogP) is 4.50. The number of carbonyl (C=O) groups excluding carboxylic acids is 2. The molecule has 3 N–H and O–H groups in total. The maximum Gasteiger partial charge on any atom is 0.262 e. The number of aryl methyl sites for hydroxylation is 2. The van der Waals surface area contributed by atoms with Crippen LogP contribution in [0.25, 0.3) is 0 Å². The molecule has 0 bridgehead atoms. The first kappa shape index (κ1) is 24.0. The normalized spacial score (nSPS) is 11.0. The zero-order valence-corrected chi connectivity index (χ0v) is 19.6. The van der Waals surface area contributed by atoms with Crippen LogP contribution in [0, 0.1) is 13.8 Å². The van der Waals surface area contributed by atoms with Crippen LogP contribution in [0.4, 0.5) is 11.4 Å². The highest BCUT2D eigenvalue weighted by molar-refractivity contribution is 7.92. The summed E-state index contributed by atoms with van der Waals surface area (Å²) in [6.45, 7) is 5.95. The molecule has 0 radical (unpaired) electrons. The number of para-hydroxylation sites is 2. The molecule has 0 heterocycles. The first-order chi connectivity index (χ1) is 15.7. The summed E-state index contributed by atoms with van der Waals surface area (Å²) in [5.74, 6) is -0.805. The van der Waals surface area contributed by atoms with E-state index in [0.29, 0.717) is 29.0 Å². The Labute approximate surface area is 194 Å². The molecule has 3 aromatic rings. The van der Waals surface area contributed by atoms with Crippen LogP contribution < -0.4 is 15.4 Å². The van der Waals surface area contributed by atoms with Gasteiger partial charge < -0.3 is 10.6 Å². The molecule has 7 nitrogen and oxygen atoms in total. The fourth-order valence-corrected chi connectivity index (χ4v) is 4.64. The lowest BCUT2D eigenvalue weighted by Crippen LogP contribution is -2.26. The van der Waals surface area contributed by atoms with E-state index in [9.17, 15) is 18.0 Å². The van der Waals surface area contributed by atoms with Crippen LogP contribution in [0.2, 0.25) is 0 Å². The summed E-state index contributed by atoms with van der Waals surface area (Å²) < 4.78 is 28.7. The molecule has 0 spiro atoms. The summed E-state index contributed by atoms with van der Waals surface area (Å²) in [5.41, 5.74) is 2.60. The highest BCUT2D eigenvalue weighted by atomic mass is 32.2. The van der Waals surface area contributed by atoms with Gasteiger partial charge in [-0.25, -0.2) is 8.42 Å². The van der Waals surface area contributed by atoms with Crippen molar-refractivity contribution in [1.29, 1.82) is 0 Å². The van der Waals surface area contributed by atoms with Gasteiger partial charge in [-0.2, -0.15) is 0 Å². The van der Waals surface area contributed by atoms with Gasteiger partial charge in [-0.05, 0) is 61.7 Å². The molecule has 0 unspecified atom stereocenters. The van der Waals surface area contributed by atoms with Gasteiger partial charge in [-0.15, -0.1) is 0 Å². The van der Waals surface area contributed by atoms with Crippen molar-refractivity contribution in [2.75, 3.05) is 16.6 Å². The Morgan fingerprint density at radius 1 is 0.818 bits per heavy atom. The molecule has 0 saturated carbocycles. The topological polar surface area (TPSA) is 104 Å². The van der Waals surface area contributed by atoms with Gasteiger partial charge in [0.25, 0.3) is 21.8 Å². The van der Waals surface area contributed by atoms with Gasteiger partial charge in [0.15, 0.2) is 0 Å². The molecule has 33 heavy (non-hydrogen) atoms. The Balaban J connectivity index is 1.88. The number of hydrogen-bond donors (Lipinski definition) is 3. The number of hydrogen-bond acceptors (Lipinski definition) is 4. The number of carbonyl (C=O) groups is 2. The van der Waals surface area contributed by atoms with E-state index < -0.39 is 15.9 Å². The Morgan fingerprint density at radius 2 is 1.48 bits per heavy atom. The van der Waals surface area contributed by atoms with E-state index in [2.05, 4.69) is 15.4 Å². The van der Waals surface area contributed by atoms with E-state index in [1.807, 2.05) is 26.0 Å². The summed E-state index contributed by atoms with van der Waals surface area (Å²) >= 11 is 0. The van der Waals surface area contributed by atoms with Crippen molar-refractivity contribution in [2.45, 2.75) is 32.1 Å². The van der Waals surface area contributed by atoms with Crippen molar-refractivity contribution in [3.8, 4) is 0 Å². The number of anilines is 2. The van der Waals surface area contributed by atoms with E-state index in [1.165, 1.54) is 6.07 Å². The molecule has 2 amide bonds. The van der Waals surface area contributed by atoms with Crippen molar-refractivity contribution < 1.29 is 18.0 Å². The minimum Gasteiger partial charge on any atom is -0.352 e. The molecule has 0 saturated heterocycles. The molecule has 172 valence electrons. The number of benzene rings is 3. The van der Waals surface area contributed by atoms with Gasteiger partial charge in [0, 0.05) is 12.1 Å². The SMILES string of the molecule is CCCNC(=O)c1ccccc1NC(=O)c1ccc(C)c(S(=O)(=O)Nc2ccccc2C)c1. The third-order valence-corrected chi connectivity index (χ3v) is 6.59. The third-order valence-electron chi connectivity index (χ3n) is 5.08. The molecule has 0 fully saturated rings. The lowest BCUT2D eigenvalue weighted by molar-refractivity contribution is 0.0954. The van der Waals surface area contributed by atoms with Crippen LogP contribution in [-0.2, 0) is 10.0 Å². The molecular weight excluding hydrogens is 438 g/mol. The van der Waals surface area contributed by atoms with Crippen LogP contribution in [-0.4, -0.2) is 26.8 Å². The van der Waals surface area contributed by atoms with Gasteiger partial charge >= 0.3 is 0 Å². The van der Waals surface area contributed by atoms with Crippen molar-refractivity contribution in [1.82, 2.24) is 5.32 Å². The van der Waals surface area contributed by atoms with Gasteiger partial charge in [-0.1, -0.05) is 43.3 Å². The van der Waals surface area contributed by atoms with Crippen molar-refractivity contribution in [3.63, 3.8) is 0 Å². The molecule has 0 atom stereocenters. The summed E-state index contributed by atoms with van der Waals surface area (Å²) in [5, 5.41) is 5.51. The predicted molar refractivity (Wildman–Crippen MR) is 130 cm³/mol. The monoisotopic (exact) mass is 465 g/mol. The van der Waals surface area contributed by atoms with Gasteiger partial charge in [0.1, 0.15) is 0 Å². The Hall–Kier alpha value is -3.65. The van der Waals surface area contributed by atoms with E-state index in [4.69, 9.17) is 0 Å². The van der Waals surface area contributed by atoms with Gasteiger partial charge in [0.05, 0.1) is 21.8 Å². The second-order valence-electron chi connectivity index (χ2n) is 7.66. The summed E-state index contributed by atoms with van der Waals surface area (Å²) in [7, 11) is -3.92. The largest absolute Gasteiger partial charge is 0.352 e. The average Bonchev–Trinajstić information content (AvgIpc) is 2.79. The lowest BCUT2D eigenvalue weighted by Gasteiger charge is -2.14. The molecular formula is C25H27N3O4S. The van der Waals surface area contributed by atoms with Gasteiger partial charge in [-0.3, -0.25) is 14.3 Å². The van der Waals surface area contributed by atoms with Crippen LogP contribution >= 0.6 is 0 Å². The van der Waals surface area contributed by atoms with E-state index in [1.54, 1.807) is 55.5 Å². The molecule has 0 aliphatic rings. The van der Waals surface area contributed by atoms with E-state index in [-0.39, 0.29) is 16.4 Å². The standard InChI is InChI=1S/C25H27N3O4S/c1-4-15-26-25(30)20-10-6-8-12-22(20)27-24(29)19-14-13-18(3)23(16-19)33(31,32)28-21-11-7-5-9-17(21)2/h5-14,16,28H,4,15H2,1-3H3,(H,26,30)(H,27,29).